The van der Waals surface area contributed by atoms with Gasteiger partial charge in [0.2, 0.25) is 0 Å². The zero-order valence-corrected chi connectivity index (χ0v) is 18.0. The van der Waals surface area contributed by atoms with Gasteiger partial charge in [0.05, 0.1) is 12.7 Å². The maximum absolute atomic E-state index is 5.65. The van der Waals surface area contributed by atoms with Crippen molar-refractivity contribution in [2.45, 2.75) is 18.9 Å². The Balaban J connectivity index is 0.00000261. The molecular formula is C20H28IN5O. The number of hydrogen-bond acceptors (Lipinski definition) is 4. The van der Waals surface area contributed by atoms with E-state index in [4.69, 9.17) is 4.74 Å². The molecule has 1 aliphatic heterocycles. The minimum absolute atomic E-state index is 0. The molecule has 6 nitrogen and oxygen atoms in total. The van der Waals surface area contributed by atoms with Crippen molar-refractivity contribution in [3.8, 4) is 5.75 Å². The lowest BCUT2D eigenvalue weighted by Gasteiger charge is -2.35. The Labute approximate surface area is 178 Å². The van der Waals surface area contributed by atoms with E-state index < -0.39 is 0 Å². The van der Waals surface area contributed by atoms with Crippen molar-refractivity contribution in [3.63, 3.8) is 0 Å². The van der Waals surface area contributed by atoms with Crippen molar-refractivity contribution < 1.29 is 4.74 Å². The number of rotatable bonds is 6. The maximum Gasteiger partial charge on any atom is 0.191 e. The predicted octanol–water partition coefficient (Wildman–Crippen LogP) is 2.91. The first-order valence-corrected chi connectivity index (χ1v) is 9.15. The molecular weight excluding hydrogens is 453 g/mol. The monoisotopic (exact) mass is 481 g/mol. The number of nitrogens with one attached hydrogen (secondary N) is 2. The Hall–Kier alpha value is -2.03. The van der Waals surface area contributed by atoms with Crippen molar-refractivity contribution in [2.24, 2.45) is 4.99 Å². The fourth-order valence-corrected chi connectivity index (χ4v) is 3.13. The van der Waals surface area contributed by atoms with E-state index in [2.05, 4.69) is 55.8 Å². The van der Waals surface area contributed by atoms with Crippen LogP contribution in [-0.4, -0.2) is 50.3 Å². The number of hydrogen-bond donors (Lipinski definition) is 2. The van der Waals surface area contributed by atoms with Crippen LogP contribution in [0.4, 0.5) is 5.69 Å². The van der Waals surface area contributed by atoms with Crippen molar-refractivity contribution in [3.05, 3.63) is 54.9 Å². The summed E-state index contributed by atoms with van der Waals surface area (Å²) < 4.78 is 5.65. The van der Waals surface area contributed by atoms with E-state index in [0.717, 1.165) is 31.2 Å². The molecule has 146 valence electrons. The van der Waals surface area contributed by atoms with Gasteiger partial charge < -0.3 is 20.3 Å². The molecule has 0 aliphatic carbocycles. The van der Waals surface area contributed by atoms with E-state index in [9.17, 15) is 0 Å². The molecule has 1 unspecified atom stereocenters. The Morgan fingerprint density at radius 2 is 2.11 bits per heavy atom. The van der Waals surface area contributed by atoms with Crippen LogP contribution in [0.5, 0.6) is 5.75 Å². The molecule has 1 fully saturated rings. The number of guanidine groups is 1. The van der Waals surface area contributed by atoms with Crippen LogP contribution in [0.15, 0.2) is 59.9 Å². The summed E-state index contributed by atoms with van der Waals surface area (Å²) in [5, 5.41) is 6.85. The molecule has 0 radical (unpaired) electrons. The molecule has 2 N–H and O–H groups in total. The van der Waals surface area contributed by atoms with Crippen molar-refractivity contribution in [1.82, 2.24) is 15.6 Å². The number of pyridine rings is 1. The maximum atomic E-state index is 5.65. The lowest BCUT2D eigenvalue weighted by molar-refractivity contribution is 0.320. The van der Waals surface area contributed by atoms with Gasteiger partial charge in [0.15, 0.2) is 5.96 Å². The highest BCUT2D eigenvalue weighted by atomic mass is 127. The van der Waals surface area contributed by atoms with E-state index >= 15 is 0 Å². The summed E-state index contributed by atoms with van der Waals surface area (Å²) in [6.45, 7) is 3.33. The zero-order chi connectivity index (χ0) is 18.0. The minimum atomic E-state index is 0. The number of anilines is 1. The summed E-state index contributed by atoms with van der Waals surface area (Å²) in [7, 11) is 1.80. The fourth-order valence-electron chi connectivity index (χ4n) is 3.13. The van der Waals surface area contributed by atoms with Crippen LogP contribution < -0.4 is 20.3 Å². The summed E-state index contributed by atoms with van der Waals surface area (Å²) >= 11 is 0. The van der Waals surface area contributed by atoms with Gasteiger partial charge in [-0.05, 0) is 37.1 Å². The molecule has 3 rings (SSSR count). The Bertz CT molecular complexity index is 683. The van der Waals surface area contributed by atoms with Gasteiger partial charge >= 0.3 is 0 Å². The van der Waals surface area contributed by atoms with E-state index in [0.29, 0.717) is 19.2 Å². The van der Waals surface area contributed by atoms with Crippen LogP contribution in [0.3, 0.4) is 0 Å². The topological polar surface area (TPSA) is 61.8 Å². The summed E-state index contributed by atoms with van der Waals surface area (Å²) in [6.07, 6.45) is 5.77. The van der Waals surface area contributed by atoms with E-state index in [1.165, 1.54) is 12.1 Å². The standard InChI is InChI=1S/C20H27N5O.HI/c1-21-20(23-12-14-26-19-10-5-11-22-15-19)24-17-7-6-13-25(16-17)18-8-3-2-4-9-18;/h2-5,8-11,15,17H,6-7,12-14,16H2,1H3,(H2,21,23,24);1H. The highest BCUT2D eigenvalue weighted by molar-refractivity contribution is 14.0. The Morgan fingerprint density at radius 1 is 1.26 bits per heavy atom. The van der Waals surface area contributed by atoms with Gasteiger partial charge in [0, 0.05) is 38.1 Å². The number of ether oxygens (including phenoxy) is 1. The SMILES string of the molecule is CN=C(NCCOc1cccnc1)NC1CCCN(c2ccccc2)C1.I. The molecule has 0 bridgehead atoms. The third-order valence-electron chi connectivity index (χ3n) is 4.40. The quantitative estimate of drug-likeness (QED) is 0.288. The van der Waals surface area contributed by atoms with Gasteiger partial charge in [-0.1, -0.05) is 18.2 Å². The average Bonchev–Trinajstić information content (AvgIpc) is 2.72. The predicted molar refractivity (Wildman–Crippen MR) is 121 cm³/mol. The second-order valence-electron chi connectivity index (χ2n) is 6.30. The van der Waals surface area contributed by atoms with Crippen molar-refractivity contribution in [1.29, 1.82) is 0 Å². The summed E-state index contributed by atoms with van der Waals surface area (Å²) in [5.74, 6) is 1.60. The van der Waals surface area contributed by atoms with Gasteiger partial charge in [0.25, 0.3) is 0 Å². The fraction of sp³-hybridized carbons (Fsp3) is 0.400. The Morgan fingerprint density at radius 3 is 2.85 bits per heavy atom. The number of aromatic nitrogens is 1. The molecule has 1 aromatic carbocycles. The number of piperidine rings is 1. The lowest BCUT2D eigenvalue weighted by Crippen LogP contribution is -2.51. The first kappa shape index (κ1) is 21.3. The van der Waals surface area contributed by atoms with Crippen LogP contribution in [0.25, 0.3) is 0 Å². The van der Waals surface area contributed by atoms with Crippen LogP contribution >= 0.6 is 24.0 Å². The number of aliphatic imine (C=N–C) groups is 1. The third kappa shape index (κ3) is 6.89. The lowest BCUT2D eigenvalue weighted by atomic mass is 10.1. The highest BCUT2D eigenvalue weighted by Gasteiger charge is 2.20. The number of nitrogens with zero attached hydrogens (tertiary/aromatic N) is 3. The number of para-hydroxylation sites is 1. The second kappa shape index (κ2) is 11.6. The van der Waals surface area contributed by atoms with E-state index in [1.807, 2.05) is 12.1 Å². The smallest absolute Gasteiger partial charge is 0.191 e. The summed E-state index contributed by atoms with van der Waals surface area (Å²) in [6, 6.07) is 14.7. The molecule has 0 amide bonds. The summed E-state index contributed by atoms with van der Waals surface area (Å²) in [5.41, 5.74) is 1.28. The van der Waals surface area contributed by atoms with Gasteiger partial charge in [0.1, 0.15) is 12.4 Å². The molecule has 0 saturated carbocycles. The molecule has 1 aliphatic rings. The normalized spacial score (nSPS) is 17.0. The number of halogens is 1. The van der Waals surface area contributed by atoms with Gasteiger partial charge in [-0.3, -0.25) is 9.98 Å². The molecule has 2 heterocycles. The molecule has 2 aromatic rings. The molecule has 1 aromatic heterocycles. The minimum Gasteiger partial charge on any atom is -0.490 e. The first-order valence-electron chi connectivity index (χ1n) is 9.15. The van der Waals surface area contributed by atoms with E-state index in [-0.39, 0.29) is 24.0 Å². The highest BCUT2D eigenvalue weighted by Crippen LogP contribution is 2.19. The van der Waals surface area contributed by atoms with Gasteiger partial charge in [-0.2, -0.15) is 0 Å². The van der Waals surface area contributed by atoms with Crippen LogP contribution in [0.1, 0.15) is 12.8 Å². The second-order valence-corrected chi connectivity index (χ2v) is 6.30. The Kier molecular flexibility index (Phi) is 9.17. The van der Waals surface area contributed by atoms with Crippen LogP contribution in [0, 0.1) is 0 Å². The van der Waals surface area contributed by atoms with Crippen LogP contribution in [-0.2, 0) is 0 Å². The molecule has 1 atom stereocenters. The van der Waals surface area contributed by atoms with Crippen molar-refractivity contribution >= 4 is 35.6 Å². The third-order valence-corrected chi connectivity index (χ3v) is 4.40. The average molecular weight is 481 g/mol. The largest absolute Gasteiger partial charge is 0.490 e. The van der Waals surface area contributed by atoms with E-state index in [1.54, 1.807) is 19.4 Å². The first-order chi connectivity index (χ1) is 12.8. The molecule has 0 spiro atoms. The van der Waals surface area contributed by atoms with Gasteiger partial charge in [-0.15, -0.1) is 24.0 Å². The molecule has 7 heteroatoms. The van der Waals surface area contributed by atoms with Crippen molar-refractivity contribution in [2.75, 3.05) is 38.2 Å². The van der Waals surface area contributed by atoms with Crippen LogP contribution in [0.2, 0.25) is 0 Å². The zero-order valence-electron chi connectivity index (χ0n) is 15.7. The number of benzene rings is 1. The molecule has 1 saturated heterocycles. The summed E-state index contributed by atoms with van der Waals surface area (Å²) in [4.78, 5) is 10.8. The molecule has 27 heavy (non-hydrogen) atoms. The van der Waals surface area contributed by atoms with Gasteiger partial charge in [-0.25, -0.2) is 0 Å².